The van der Waals surface area contributed by atoms with Gasteiger partial charge < -0.3 is 15.5 Å². The normalized spacial score (nSPS) is 11.8. The number of hydrogen-bond acceptors (Lipinski definition) is 2. The predicted molar refractivity (Wildman–Crippen MR) is 86.9 cm³/mol. The summed E-state index contributed by atoms with van der Waals surface area (Å²) in [6, 6.07) is 8.71. The molecule has 1 aromatic carbocycles. The molecule has 0 unspecified atom stereocenters. The minimum atomic E-state index is 0.800. The van der Waals surface area contributed by atoms with Crippen molar-refractivity contribution in [2.45, 2.75) is 32.9 Å². The summed E-state index contributed by atoms with van der Waals surface area (Å²) >= 11 is 0. The lowest BCUT2D eigenvalue weighted by molar-refractivity contribution is 0.402. The molecule has 4 nitrogen and oxygen atoms in total. The molecular formula is C16H28N4. The fourth-order valence-corrected chi connectivity index (χ4v) is 1.92. The van der Waals surface area contributed by atoms with Crippen LogP contribution in [0.1, 0.15) is 30.9 Å². The lowest BCUT2D eigenvalue weighted by atomic mass is 10.1. The Morgan fingerprint density at radius 3 is 2.30 bits per heavy atom. The lowest BCUT2D eigenvalue weighted by Gasteiger charge is -2.13. The minimum Gasteiger partial charge on any atom is -0.356 e. The van der Waals surface area contributed by atoms with E-state index >= 15 is 0 Å². The Morgan fingerprint density at radius 1 is 1.10 bits per heavy atom. The second-order valence-corrected chi connectivity index (χ2v) is 5.26. The molecule has 0 heterocycles. The smallest absolute Gasteiger partial charge is 0.191 e. The lowest BCUT2D eigenvalue weighted by Crippen LogP contribution is -2.37. The first-order chi connectivity index (χ1) is 9.65. The summed E-state index contributed by atoms with van der Waals surface area (Å²) in [7, 11) is 5.98. The third kappa shape index (κ3) is 6.57. The Balaban J connectivity index is 2.40. The standard InChI is InChI=1S/C16H28N4/c1-5-6-11-18-16(17-2)19-12-14-7-9-15(10-8-14)13-20(3)4/h7-10H,5-6,11-13H2,1-4H3,(H2,17,18,19). The van der Waals surface area contributed by atoms with E-state index < -0.39 is 0 Å². The van der Waals surface area contributed by atoms with Crippen LogP contribution in [0.2, 0.25) is 0 Å². The zero-order valence-corrected chi connectivity index (χ0v) is 13.2. The second kappa shape index (κ2) is 9.37. The van der Waals surface area contributed by atoms with E-state index in [1.807, 2.05) is 7.05 Å². The van der Waals surface area contributed by atoms with Gasteiger partial charge in [-0.1, -0.05) is 37.6 Å². The van der Waals surface area contributed by atoms with Crippen molar-refractivity contribution in [2.24, 2.45) is 4.99 Å². The highest BCUT2D eigenvalue weighted by molar-refractivity contribution is 5.79. The van der Waals surface area contributed by atoms with Gasteiger partial charge in [-0.2, -0.15) is 0 Å². The molecule has 2 N–H and O–H groups in total. The van der Waals surface area contributed by atoms with Gasteiger partial charge >= 0.3 is 0 Å². The molecule has 0 radical (unpaired) electrons. The van der Waals surface area contributed by atoms with Crippen molar-refractivity contribution >= 4 is 5.96 Å². The highest BCUT2D eigenvalue weighted by Gasteiger charge is 1.99. The topological polar surface area (TPSA) is 39.7 Å². The van der Waals surface area contributed by atoms with Gasteiger partial charge in [0.05, 0.1) is 0 Å². The number of hydrogen-bond donors (Lipinski definition) is 2. The van der Waals surface area contributed by atoms with Crippen molar-refractivity contribution in [2.75, 3.05) is 27.7 Å². The summed E-state index contributed by atoms with van der Waals surface area (Å²) in [5.41, 5.74) is 2.61. The van der Waals surface area contributed by atoms with Crippen LogP contribution in [-0.2, 0) is 13.1 Å². The molecule has 0 bridgehead atoms. The number of guanidine groups is 1. The Kier molecular flexibility index (Phi) is 7.73. The van der Waals surface area contributed by atoms with Crippen LogP contribution in [0.4, 0.5) is 0 Å². The summed E-state index contributed by atoms with van der Waals surface area (Å²) in [5.74, 6) is 0.871. The number of unbranched alkanes of at least 4 members (excludes halogenated alkanes) is 1. The first kappa shape index (κ1) is 16.5. The van der Waals surface area contributed by atoms with Crippen molar-refractivity contribution in [3.63, 3.8) is 0 Å². The SMILES string of the molecule is CCCCNC(=NC)NCc1ccc(CN(C)C)cc1. The van der Waals surface area contributed by atoms with E-state index in [0.717, 1.165) is 25.6 Å². The molecule has 0 aliphatic heterocycles. The number of aliphatic imine (C=N–C) groups is 1. The molecule has 0 aliphatic carbocycles. The summed E-state index contributed by atoms with van der Waals surface area (Å²) in [6.07, 6.45) is 2.36. The van der Waals surface area contributed by atoms with Crippen LogP contribution in [0.25, 0.3) is 0 Å². The van der Waals surface area contributed by atoms with Crippen LogP contribution in [-0.4, -0.2) is 38.5 Å². The van der Waals surface area contributed by atoms with Crippen LogP contribution in [0, 0.1) is 0 Å². The van der Waals surface area contributed by atoms with Crippen LogP contribution >= 0.6 is 0 Å². The van der Waals surface area contributed by atoms with Gasteiger partial charge in [0.2, 0.25) is 0 Å². The van der Waals surface area contributed by atoms with E-state index in [9.17, 15) is 0 Å². The summed E-state index contributed by atoms with van der Waals surface area (Å²) in [5, 5.41) is 6.64. The van der Waals surface area contributed by atoms with Gasteiger partial charge in [-0.05, 0) is 31.6 Å². The van der Waals surface area contributed by atoms with Crippen molar-refractivity contribution in [3.05, 3.63) is 35.4 Å². The Hall–Kier alpha value is -1.55. The molecule has 1 aromatic rings. The Labute approximate surface area is 123 Å². The van der Waals surface area contributed by atoms with Crippen molar-refractivity contribution in [3.8, 4) is 0 Å². The molecule has 4 heteroatoms. The van der Waals surface area contributed by atoms with E-state index in [1.54, 1.807) is 0 Å². The fraction of sp³-hybridized carbons (Fsp3) is 0.562. The van der Waals surface area contributed by atoms with Crippen LogP contribution in [0.15, 0.2) is 29.3 Å². The minimum absolute atomic E-state index is 0.800. The molecule has 0 spiro atoms. The fourth-order valence-electron chi connectivity index (χ4n) is 1.92. The van der Waals surface area contributed by atoms with Gasteiger partial charge in [0.1, 0.15) is 0 Å². The molecule has 0 saturated carbocycles. The van der Waals surface area contributed by atoms with Gasteiger partial charge in [0.25, 0.3) is 0 Å². The molecule has 0 saturated heterocycles. The number of rotatable bonds is 7. The molecule has 0 fully saturated rings. The largest absolute Gasteiger partial charge is 0.356 e. The summed E-state index contributed by atoms with van der Waals surface area (Å²) in [6.45, 7) is 4.94. The maximum absolute atomic E-state index is 4.22. The van der Waals surface area contributed by atoms with E-state index in [4.69, 9.17) is 0 Å². The average molecular weight is 276 g/mol. The summed E-state index contributed by atoms with van der Waals surface area (Å²) in [4.78, 5) is 6.39. The highest BCUT2D eigenvalue weighted by atomic mass is 15.2. The van der Waals surface area contributed by atoms with E-state index in [2.05, 4.69) is 65.8 Å². The molecule has 0 aliphatic rings. The molecule has 112 valence electrons. The third-order valence-corrected chi connectivity index (χ3v) is 3.03. The molecule has 1 rings (SSSR count). The van der Waals surface area contributed by atoms with Crippen molar-refractivity contribution < 1.29 is 0 Å². The monoisotopic (exact) mass is 276 g/mol. The van der Waals surface area contributed by atoms with Crippen LogP contribution < -0.4 is 10.6 Å². The van der Waals surface area contributed by atoms with Gasteiger partial charge in [0.15, 0.2) is 5.96 Å². The first-order valence-corrected chi connectivity index (χ1v) is 7.32. The quantitative estimate of drug-likeness (QED) is 0.456. The van der Waals surface area contributed by atoms with Crippen LogP contribution in [0.3, 0.4) is 0 Å². The number of nitrogens with zero attached hydrogens (tertiary/aromatic N) is 2. The zero-order chi connectivity index (χ0) is 14.8. The first-order valence-electron chi connectivity index (χ1n) is 7.32. The van der Waals surface area contributed by atoms with E-state index in [-0.39, 0.29) is 0 Å². The molecule has 0 aromatic heterocycles. The van der Waals surface area contributed by atoms with Crippen LogP contribution in [0.5, 0.6) is 0 Å². The average Bonchev–Trinajstić information content (AvgIpc) is 2.43. The maximum Gasteiger partial charge on any atom is 0.191 e. The third-order valence-electron chi connectivity index (χ3n) is 3.03. The Morgan fingerprint density at radius 2 is 1.75 bits per heavy atom. The Bertz CT molecular complexity index is 395. The maximum atomic E-state index is 4.22. The zero-order valence-electron chi connectivity index (χ0n) is 13.2. The molecule has 0 amide bonds. The predicted octanol–water partition coefficient (Wildman–Crippen LogP) is 2.21. The van der Waals surface area contributed by atoms with Crippen molar-refractivity contribution in [1.82, 2.24) is 15.5 Å². The second-order valence-electron chi connectivity index (χ2n) is 5.26. The van der Waals surface area contributed by atoms with E-state index in [1.165, 1.54) is 24.0 Å². The van der Waals surface area contributed by atoms with E-state index in [0.29, 0.717) is 0 Å². The van der Waals surface area contributed by atoms with Gasteiger partial charge in [-0.15, -0.1) is 0 Å². The molecular weight excluding hydrogens is 248 g/mol. The molecule has 0 atom stereocenters. The van der Waals surface area contributed by atoms with Gasteiger partial charge in [-0.25, -0.2) is 0 Å². The summed E-state index contributed by atoms with van der Waals surface area (Å²) < 4.78 is 0. The number of nitrogens with one attached hydrogen (secondary N) is 2. The van der Waals surface area contributed by atoms with Gasteiger partial charge in [0, 0.05) is 26.7 Å². The number of benzene rings is 1. The van der Waals surface area contributed by atoms with Crippen molar-refractivity contribution in [1.29, 1.82) is 0 Å². The van der Waals surface area contributed by atoms with Gasteiger partial charge in [-0.3, -0.25) is 4.99 Å². The molecule has 20 heavy (non-hydrogen) atoms. The highest BCUT2D eigenvalue weighted by Crippen LogP contribution is 2.05.